The van der Waals surface area contributed by atoms with Gasteiger partial charge in [-0.05, 0) is 40.8 Å². The number of nitrogens with two attached hydrogens (primary N) is 1. The van der Waals surface area contributed by atoms with Gasteiger partial charge in [0.1, 0.15) is 0 Å². The van der Waals surface area contributed by atoms with Gasteiger partial charge in [-0.15, -0.1) is 0 Å². The minimum Gasteiger partial charge on any atom is -0.351 e. The van der Waals surface area contributed by atoms with Gasteiger partial charge in [-0.2, -0.15) is 0 Å². The zero-order valence-corrected chi connectivity index (χ0v) is 10.3. The van der Waals surface area contributed by atoms with Gasteiger partial charge >= 0.3 is 0 Å². The van der Waals surface area contributed by atoms with Crippen LogP contribution < -0.4 is 11.1 Å². The Morgan fingerprint density at radius 3 is 2.86 bits per heavy atom. The average Bonchev–Trinajstić information content (AvgIpc) is 2.14. The highest BCUT2D eigenvalue weighted by atomic mass is 125. The minimum atomic E-state index is -0.183. The van der Waals surface area contributed by atoms with Crippen molar-refractivity contribution in [3.63, 3.8) is 0 Å². The zero-order valence-electron chi connectivity index (χ0n) is 7.39. The van der Waals surface area contributed by atoms with E-state index in [0.717, 1.165) is 3.57 Å². The Morgan fingerprint density at radius 1 is 1.57 bits per heavy atom. The molecule has 3 N–H and O–H groups in total. The van der Waals surface area contributed by atoms with Crippen molar-refractivity contribution < 1.29 is 4.79 Å². The summed E-state index contributed by atoms with van der Waals surface area (Å²) in [7, 11) is 0. The third-order valence-corrected chi connectivity index (χ3v) is 2.59. The number of carbonyl (C=O) groups is 1. The molecule has 0 aromatic heterocycles. The summed E-state index contributed by atoms with van der Waals surface area (Å²) in [6, 6.07) is 5.29. The van der Waals surface area contributed by atoms with Crippen molar-refractivity contribution in [2.45, 2.75) is 0 Å². The lowest BCUT2D eigenvalue weighted by Gasteiger charge is -2.05. The van der Waals surface area contributed by atoms with Crippen LogP contribution >= 0.6 is 34.2 Å². The van der Waals surface area contributed by atoms with Gasteiger partial charge in [0.2, 0.25) is 0 Å². The molecule has 0 radical (unpaired) electrons. The van der Waals surface area contributed by atoms with Gasteiger partial charge in [-0.3, -0.25) is 4.79 Å². The molecule has 0 bridgehead atoms. The summed E-state index contributed by atoms with van der Waals surface area (Å²) < 4.78 is 1.00. The lowest BCUT2D eigenvalue weighted by Crippen LogP contribution is -2.29. The van der Waals surface area contributed by atoms with Crippen LogP contribution in [0.4, 0.5) is 0 Å². The highest BCUT2D eigenvalue weighted by Crippen LogP contribution is 2.18. The Kier molecular flexibility index (Phi) is 4.64. The number of nitrogens with one attached hydrogen (secondary N) is 1. The van der Waals surface area contributed by atoms with Crippen molar-refractivity contribution in [1.29, 1.82) is 0 Å². The van der Waals surface area contributed by atoms with Gasteiger partial charge < -0.3 is 11.1 Å². The Bertz CT molecular complexity index is 344. The summed E-state index contributed by atoms with van der Waals surface area (Å²) in [5, 5.41) is 3.12. The Hall–Kier alpha value is -0.330. The Labute approximate surface area is 101 Å². The maximum atomic E-state index is 11.5. The maximum absolute atomic E-state index is 11.5. The van der Waals surface area contributed by atoms with Gasteiger partial charge in [0.15, 0.2) is 0 Å². The Morgan fingerprint density at radius 2 is 2.29 bits per heavy atom. The van der Waals surface area contributed by atoms with Gasteiger partial charge in [0, 0.05) is 16.7 Å². The van der Waals surface area contributed by atoms with Crippen LogP contribution in [0.5, 0.6) is 0 Å². The zero-order chi connectivity index (χ0) is 10.6. The van der Waals surface area contributed by atoms with Crippen LogP contribution in [0.1, 0.15) is 10.4 Å². The molecule has 0 saturated heterocycles. The molecule has 0 unspecified atom stereocenters. The molecule has 0 saturated carbocycles. The molecule has 1 aromatic carbocycles. The van der Waals surface area contributed by atoms with E-state index in [1.807, 2.05) is 6.07 Å². The number of carbonyl (C=O) groups excluding carboxylic acids is 1. The van der Waals surface area contributed by atoms with Crippen LogP contribution in [0.25, 0.3) is 0 Å². The molecule has 0 atom stereocenters. The highest BCUT2D eigenvalue weighted by Gasteiger charge is 2.08. The third kappa shape index (κ3) is 3.11. The van der Waals surface area contributed by atoms with Crippen molar-refractivity contribution >= 4 is 40.1 Å². The van der Waals surface area contributed by atoms with Gasteiger partial charge in [0.25, 0.3) is 5.91 Å². The first-order chi connectivity index (χ1) is 6.65. The highest BCUT2D eigenvalue weighted by molar-refractivity contribution is 14.1. The standard InChI is InChI=1S/C9H10ClIN2O/c10-8-5-6(11)1-2-7(8)9(14)13-4-3-12/h1-2,5H,3-4,12H2,(H,13,14)/i11-2. The third-order valence-electron chi connectivity index (χ3n) is 1.61. The van der Waals surface area contributed by atoms with Crippen molar-refractivity contribution in [3.05, 3.63) is 32.4 Å². The van der Waals surface area contributed by atoms with Gasteiger partial charge in [0.05, 0.1) is 10.6 Å². The smallest absolute Gasteiger partial charge is 0.252 e. The summed E-state index contributed by atoms with van der Waals surface area (Å²) in [5.74, 6) is -0.183. The quantitative estimate of drug-likeness (QED) is 0.831. The van der Waals surface area contributed by atoms with Crippen LogP contribution in [0.15, 0.2) is 18.2 Å². The number of rotatable bonds is 3. The first kappa shape index (κ1) is 11.7. The van der Waals surface area contributed by atoms with Crippen LogP contribution in [0.2, 0.25) is 5.02 Å². The molecular formula is C9H10ClIN2O. The van der Waals surface area contributed by atoms with Crippen LogP contribution in [0.3, 0.4) is 0 Å². The lowest BCUT2D eigenvalue weighted by atomic mass is 10.2. The number of halogens is 2. The van der Waals surface area contributed by atoms with E-state index in [4.69, 9.17) is 17.3 Å². The fourth-order valence-electron chi connectivity index (χ4n) is 0.955. The predicted molar refractivity (Wildman–Crippen MR) is 65.6 cm³/mol. The second kappa shape index (κ2) is 5.53. The van der Waals surface area contributed by atoms with Crippen LogP contribution in [-0.2, 0) is 0 Å². The van der Waals surface area contributed by atoms with Crippen LogP contribution in [-0.4, -0.2) is 19.0 Å². The van der Waals surface area contributed by atoms with Crippen molar-refractivity contribution in [2.24, 2.45) is 5.73 Å². The minimum absolute atomic E-state index is 0.183. The Balaban J connectivity index is 2.80. The van der Waals surface area contributed by atoms with Crippen molar-refractivity contribution in [3.8, 4) is 0 Å². The summed E-state index contributed by atoms with van der Waals surface area (Å²) >= 11 is 8.04. The summed E-state index contributed by atoms with van der Waals surface area (Å²) in [6.45, 7) is 0.884. The molecule has 0 heterocycles. The van der Waals surface area contributed by atoms with Gasteiger partial charge in [-0.25, -0.2) is 0 Å². The van der Waals surface area contributed by atoms with E-state index >= 15 is 0 Å². The summed E-state index contributed by atoms with van der Waals surface area (Å²) in [5.41, 5.74) is 5.75. The molecule has 3 nitrogen and oxygen atoms in total. The number of hydrogen-bond donors (Lipinski definition) is 2. The second-order valence-corrected chi connectivity index (χ2v) is 4.32. The fraction of sp³-hybridized carbons (Fsp3) is 0.222. The molecule has 0 aliphatic rings. The number of hydrogen-bond acceptors (Lipinski definition) is 2. The SMILES string of the molecule is NCCNC(=O)c1ccc([125I])cc1Cl. The monoisotopic (exact) mass is 322 g/mol. The van der Waals surface area contributed by atoms with E-state index in [1.165, 1.54) is 0 Å². The van der Waals surface area contributed by atoms with Crippen molar-refractivity contribution in [1.82, 2.24) is 5.32 Å². The largest absolute Gasteiger partial charge is 0.351 e. The first-order valence-corrected chi connectivity index (χ1v) is 5.54. The first-order valence-electron chi connectivity index (χ1n) is 4.08. The molecule has 0 aliphatic heterocycles. The van der Waals surface area contributed by atoms with E-state index < -0.39 is 0 Å². The molecule has 76 valence electrons. The second-order valence-electron chi connectivity index (χ2n) is 2.67. The predicted octanol–water partition coefficient (Wildman–Crippen LogP) is 1.63. The molecule has 1 aromatic rings. The van der Waals surface area contributed by atoms with E-state index in [9.17, 15) is 4.79 Å². The fourth-order valence-corrected chi connectivity index (χ4v) is 1.90. The molecule has 0 fully saturated rings. The molecule has 0 spiro atoms. The van der Waals surface area contributed by atoms with Crippen LogP contribution in [0, 0.1) is 3.57 Å². The molecule has 5 heteroatoms. The molecule has 1 amide bonds. The lowest BCUT2D eigenvalue weighted by molar-refractivity contribution is 0.0955. The number of benzene rings is 1. The van der Waals surface area contributed by atoms with Gasteiger partial charge in [-0.1, -0.05) is 11.6 Å². The van der Waals surface area contributed by atoms with E-state index in [1.54, 1.807) is 12.1 Å². The normalized spacial score (nSPS) is 9.93. The molecular weight excluding hydrogens is 312 g/mol. The van der Waals surface area contributed by atoms with Crippen molar-refractivity contribution in [2.75, 3.05) is 13.1 Å². The van der Waals surface area contributed by atoms with E-state index in [0.29, 0.717) is 23.7 Å². The van der Waals surface area contributed by atoms with E-state index in [-0.39, 0.29) is 5.91 Å². The molecule has 0 aliphatic carbocycles. The molecule has 14 heavy (non-hydrogen) atoms. The van der Waals surface area contributed by atoms with E-state index in [2.05, 4.69) is 27.9 Å². The maximum Gasteiger partial charge on any atom is 0.252 e. The molecule has 1 rings (SSSR count). The summed E-state index contributed by atoms with van der Waals surface area (Å²) in [4.78, 5) is 11.5. The number of amides is 1. The average molecular weight is 323 g/mol. The summed E-state index contributed by atoms with van der Waals surface area (Å²) in [6.07, 6.45) is 0. The topological polar surface area (TPSA) is 55.1 Å².